The van der Waals surface area contributed by atoms with Crippen LogP contribution in [-0.4, -0.2) is 68.7 Å². The quantitative estimate of drug-likeness (QED) is 0.202. The molecule has 2 unspecified atom stereocenters. The van der Waals surface area contributed by atoms with Crippen LogP contribution < -0.4 is 0 Å². The van der Waals surface area contributed by atoms with Gasteiger partial charge in [-0.3, -0.25) is 9.59 Å². The molecule has 3 fully saturated rings. The molecule has 0 bridgehead atoms. The van der Waals surface area contributed by atoms with Crippen LogP contribution in [0.25, 0.3) is 0 Å². The first-order valence-electron chi connectivity index (χ1n) is 15.6. The van der Waals surface area contributed by atoms with Crippen molar-refractivity contribution in [1.82, 2.24) is 4.90 Å². The number of ether oxygens (including phenoxy) is 4. The third kappa shape index (κ3) is 10.5. The number of rotatable bonds is 14. The first kappa shape index (κ1) is 31.6. The maximum atomic E-state index is 13.4. The molecular formula is C34H49NO6. The third-order valence-corrected chi connectivity index (χ3v) is 8.29. The summed E-state index contributed by atoms with van der Waals surface area (Å²) in [5.41, 5.74) is 1.19. The highest BCUT2D eigenvalue weighted by Crippen LogP contribution is 2.37. The number of benzene rings is 1. The average Bonchev–Trinajstić information content (AvgIpc) is 3.28. The summed E-state index contributed by atoms with van der Waals surface area (Å²) in [7, 11) is 3.58. The molecule has 2 saturated heterocycles. The van der Waals surface area contributed by atoms with Crippen molar-refractivity contribution < 1.29 is 28.5 Å². The highest BCUT2D eigenvalue weighted by molar-refractivity contribution is 5.86. The minimum Gasteiger partial charge on any atom is -0.353 e. The monoisotopic (exact) mass is 567 g/mol. The van der Waals surface area contributed by atoms with Gasteiger partial charge in [0.15, 0.2) is 12.6 Å². The average molecular weight is 568 g/mol. The van der Waals surface area contributed by atoms with Crippen LogP contribution >= 0.6 is 0 Å². The molecule has 1 saturated carbocycles. The summed E-state index contributed by atoms with van der Waals surface area (Å²) in [6, 6.07) is 10.3. The second-order valence-corrected chi connectivity index (χ2v) is 11.8. The van der Waals surface area contributed by atoms with Gasteiger partial charge in [-0.2, -0.15) is 0 Å². The molecule has 226 valence electrons. The summed E-state index contributed by atoms with van der Waals surface area (Å²) in [5.74, 6) is 0.159. The van der Waals surface area contributed by atoms with Gasteiger partial charge in [0.2, 0.25) is 5.91 Å². The first-order valence-corrected chi connectivity index (χ1v) is 15.6. The van der Waals surface area contributed by atoms with Crippen molar-refractivity contribution in [2.45, 2.75) is 102 Å². The van der Waals surface area contributed by atoms with Crippen molar-refractivity contribution in [1.29, 1.82) is 0 Å². The Hall–Kier alpha value is -2.32. The molecule has 4 rings (SSSR count). The van der Waals surface area contributed by atoms with Gasteiger partial charge in [-0.15, -0.1) is 0 Å². The number of carbonyl (C=O) groups excluding carboxylic acids is 2. The molecule has 6 atom stereocenters. The lowest BCUT2D eigenvalue weighted by atomic mass is 9.89. The van der Waals surface area contributed by atoms with Gasteiger partial charge in [-0.25, -0.2) is 0 Å². The number of allylic oxidation sites excluding steroid dienone is 3. The van der Waals surface area contributed by atoms with Crippen LogP contribution in [0.1, 0.15) is 76.2 Å². The molecule has 1 aromatic carbocycles. The highest BCUT2D eigenvalue weighted by Gasteiger charge is 2.42. The fourth-order valence-electron chi connectivity index (χ4n) is 5.90. The summed E-state index contributed by atoms with van der Waals surface area (Å²) in [5, 5.41) is 0. The SMILES string of the molecule is CN(C)C(=O)CCC/C=C\C[C@H]1[C@@H](OC2CCCCO2)CC(=O)[C@@H]1/C=C/[C@H](Cc1ccccc1)OC1CCCCO1. The number of ketones is 1. The summed E-state index contributed by atoms with van der Waals surface area (Å²) in [6.07, 6.45) is 17.8. The van der Waals surface area contributed by atoms with Crippen LogP contribution in [0.5, 0.6) is 0 Å². The second kappa shape index (κ2) is 17.0. The predicted octanol–water partition coefficient (Wildman–Crippen LogP) is 6.02. The Kier molecular flexibility index (Phi) is 13.1. The van der Waals surface area contributed by atoms with E-state index in [4.69, 9.17) is 18.9 Å². The molecule has 0 radical (unpaired) electrons. The molecule has 0 N–H and O–H groups in total. The van der Waals surface area contributed by atoms with Crippen molar-refractivity contribution in [3.63, 3.8) is 0 Å². The minimum atomic E-state index is -0.238. The zero-order chi connectivity index (χ0) is 28.9. The Morgan fingerprint density at radius 1 is 1.02 bits per heavy atom. The number of amides is 1. The normalized spacial score (nSPS) is 28.0. The summed E-state index contributed by atoms with van der Waals surface area (Å²) >= 11 is 0. The Bertz CT molecular complexity index is 980. The lowest BCUT2D eigenvalue weighted by Gasteiger charge is -2.29. The van der Waals surface area contributed by atoms with Gasteiger partial charge in [-0.05, 0) is 63.4 Å². The van der Waals surface area contributed by atoms with Gasteiger partial charge in [0, 0.05) is 58.4 Å². The Balaban J connectivity index is 1.43. The number of nitrogens with zero attached hydrogens (tertiary/aromatic N) is 1. The van der Waals surface area contributed by atoms with Gasteiger partial charge in [0.1, 0.15) is 5.78 Å². The lowest BCUT2D eigenvalue weighted by Crippen LogP contribution is -2.31. The first-order chi connectivity index (χ1) is 20.0. The van der Waals surface area contributed by atoms with E-state index in [0.717, 1.165) is 70.8 Å². The number of hydrogen-bond acceptors (Lipinski definition) is 6. The van der Waals surface area contributed by atoms with Gasteiger partial charge in [0.25, 0.3) is 0 Å². The fourth-order valence-corrected chi connectivity index (χ4v) is 5.90. The molecule has 2 heterocycles. The van der Waals surface area contributed by atoms with Crippen molar-refractivity contribution in [2.75, 3.05) is 27.3 Å². The maximum absolute atomic E-state index is 13.4. The Morgan fingerprint density at radius 2 is 1.76 bits per heavy atom. The zero-order valence-electron chi connectivity index (χ0n) is 25.0. The topological polar surface area (TPSA) is 74.3 Å². The van der Waals surface area contributed by atoms with E-state index in [-0.39, 0.29) is 48.3 Å². The second-order valence-electron chi connectivity index (χ2n) is 11.8. The summed E-state index contributed by atoms with van der Waals surface area (Å²) in [4.78, 5) is 26.9. The minimum absolute atomic E-state index is 0.0345. The fraction of sp³-hybridized carbons (Fsp3) is 0.647. The summed E-state index contributed by atoms with van der Waals surface area (Å²) in [6.45, 7) is 1.44. The van der Waals surface area contributed by atoms with Gasteiger partial charge < -0.3 is 23.8 Å². The molecule has 1 aromatic rings. The van der Waals surface area contributed by atoms with E-state index in [1.165, 1.54) is 5.56 Å². The van der Waals surface area contributed by atoms with Crippen LogP contribution in [0, 0.1) is 11.8 Å². The molecule has 0 aromatic heterocycles. The van der Waals surface area contributed by atoms with E-state index < -0.39 is 0 Å². The molecule has 0 spiro atoms. The van der Waals surface area contributed by atoms with Crippen LogP contribution in [0.2, 0.25) is 0 Å². The molecule has 1 amide bonds. The highest BCUT2D eigenvalue weighted by atomic mass is 16.7. The van der Waals surface area contributed by atoms with E-state index in [9.17, 15) is 9.59 Å². The van der Waals surface area contributed by atoms with Crippen LogP contribution in [0.15, 0.2) is 54.6 Å². The number of unbranched alkanes of at least 4 members (excludes halogenated alkanes) is 1. The third-order valence-electron chi connectivity index (χ3n) is 8.29. The summed E-state index contributed by atoms with van der Waals surface area (Å²) < 4.78 is 24.6. The van der Waals surface area contributed by atoms with Gasteiger partial charge in [0.05, 0.1) is 12.2 Å². The van der Waals surface area contributed by atoms with Gasteiger partial charge in [-0.1, -0.05) is 54.6 Å². The molecule has 41 heavy (non-hydrogen) atoms. The van der Waals surface area contributed by atoms with E-state index >= 15 is 0 Å². The zero-order valence-corrected chi connectivity index (χ0v) is 25.0. The molecular weight excluding hydrogens is 518 g/mol. The maximum Gasteiger partial charge on any atom is 0.222 e. The van der Waals surface area contributed by atoms with Gasteiger partial charge >= 0.3 is 0 Å². The largest absolute Gasteiger partial charge is 0.353 e. The molecule has 2 aliphatic heterocycles. The Morgan fingerprint density at radius 3 is 2.44 bits per heavy atom. The van der Waals surface area contributed by atoms with E-state index in [1.807, 2.05) is 18.2 Å². The van der Waals surface area contributed by atoms with Crippen molar-refractivity contribution >= 4 is 11.7 Å². The predicted molar refractivity (Wildman–Crippen MR) is 159 cm³/mol. The number of carbonyl (C=O) groups is 2. The van der Waals surface area contributed by atoms with Crippen molar-refractivity contribution in [2.24, 2.45) is 11.8 Å². The van der Waals surface area contributed by atoms with E-state index in [2.05, 4.69) is 36.4 Å². The number of Topliss-reactive ketones (excluding diaryl/α,β-unsaturated/α-hetero) is 1. The van der Waals surface area contributed by atoms with Crippen LogP contribution in [0.3, 0.4) is 0 Å². The smallest absolute Gasteiger partial charge is 0.222 e. The van der Waals surface area contributed by atoms with E-state index in [0.29, 0.717) is 19.4 Å². The lowest BCUT2D eigenvalue weighted by molar-refractivity contribution is -0.195. The molecule has 1 aliphatic carbocycles. The molecule has 7 heteroatoms. The van der Waals surface area contributed by atoms with Crippen LogP contribution in [-0.2, 0) is 35.0 Å². The number of hydrogen-bond donors (Lipinski definition) is 0. The van der Waals surface area contributed by atoms with E-state index in [1.54, 1.807) is 19.0 Å². The van der Waals surface area contributed by atoms with Crippen LogP contribution in [0.4, 0.5) is 0 Å². The standard InChI is InChI=1S/C34H49NO6/c1-35(2)32(37)17-9-4-3-8-16-29-28(30(36)25-31(29)41-34-19-11-13-23-39-34)21-20-27(24-26-14-6-5-7-15-26)40-33-18-10-12-22-38-33/h3,5-8,14-15,20-21,27-29,31,33-34H,4,9-13,16-19,22-25H2,1-2H3/b8-3-,21-20+/t27-,28-,29-,31+,33?,34?/m1/s1. The molecule has 3 aliphatic rings. The molecule has 7 nitrogen and oxygen atoms in total. The van der Waals surface area contributed by atoms with Crippen molar-refractivity contribution in [3.8, 4) is 0 Å². The van der Waals surface area contributed by atoms with Crippen molar-refractivity contribution in [3.05, 3.63) is 60.2 Å². The Labute approximate surface area is 246 Å².